The molecule has 0 aromatic carbocycles. The number of nitrogens with zero attached hydrogens (tertiary/aromatic N) is 3. The molecule has 0 bridgehead atoms. The summed E-state index contributed by atoms with van der Waals surface area (Å²) in [5.41, 5.74) is 0. The van der Waals surface area contributed by atoms with Gasteiger partial charge in [-0.3, -0.25) is 19.3 Å². The number of carbonyl (C=O) groups excluding carboxylic acids is 3. The average Bonchev–Trinajstić information content (AvgIpc) is 3.26. The van der Waals surface area contributed by atoms with Gasteiger partial charge in [0.1, 0.15) is 0 Å². The van der Waals surface area contributed by atoms with Gasteiger partial charge in [0.25, 0.3) is 0 Å². The molecule has 0 spiro atoms. The fourth-order valence-electron chi connectivity index (χ4n) is 4.55. The van der Waals surface area contributed by atoms with E-state index in [2.05, 4.69) is 15.5 Å². The summed E-state index contributed by atoms with van der Waals surface area (Å²) in [6, 6.07) is -0.187. The summed E-state index contributed by atoms with van der Waals surface area (Å²) in [5.74, 6) is 0.739. The quantitative estimate of drug-likeness (QED) is 0.667. The minimum absolute atomic E-state index is 0.0335. The molecule has 3 atom stereocenters. The number of hydrogen-bond donors (Lipinski definition) is 2. The molecule has 158 valence electrons. The van der Waals surface area contributed by atoms with Gasteiger partial charge in [0, 0.05) is 46.2 Å². The van der Waals surface area contributed by atoms with Crippen LogP contribution in [-0.2, 0) is 14.4 Å². The lowest BCUT2D eigenvalue weighted by molar-refractivity contribution is -0.142. The molecule has 3 saturated heterocycles. The highest BCUT2D eigenvalue weighted by Gasteiger charge is 2.32. The molecule has 3 amide bonds. The molecule has 28 heavy (non-hydrogen) atoms. The molecule has 0 aliphatic carbocycles. The van der Waals surface area contributed by atoms with Crippen LogP contribution in [0.5, 0.6) is 0 Å². The van der Waals surface area contributed by atoms with Crippen molar-refractivity contribution in [1.29, 1.82) is 0 Å². The van der Waals surface area contributed by atoms with Gasteiger partial charge in [0.2, 0.25) is 17.7 Å². The Morgan fingerprint density at radius 2 is 1.75 bits per heavy atom. The normalized spacial score (nSPS) is 27.5. The zero-order valence-corrected chi connectivity index (χ0v) is 17.3. The van der Waals surface area contributed by atoms with E-state index < -0.39 is 0 Å². The highest BCUT2D eigenvalue weighted by atomic mass is 16.2. The largest absolute Gasteiger partial charge is 0.354 e. The van der Waals surface area contributed by atoms with Crippen molar-refractivity contribution < 1.29 is 14.4 Å². The summed E-state index contributed by atoms with van der Waals surface area (Å²) >= 11 is 0. The van der Waals surface area contributed by atoms with Crippen molar-refractivity contribution in [2.75, 3.05) is 52.4 Å². The van der Waals surface area contributed by atoms with Crippen LogP contribution in [0.1, 0.15) is 39.5 Å². The first-order valence-corrected chi connectivity index (χ1v) is 10.7. The Labute approximate surface area is 168 Å². The summed E-state index contributed by atoms with van der Waals surface area (Å²) in [5, 5.41) is 6.34. The van der Waals surface area contributed by atoms with Crippen molar-refractivity contribution in [2.24, 2.45) is 5.92 Å². The lowest BCUT2D eigenvalue weighted by atomic mass is 9.96. The van der Waals surface area contributed by atoms with E-state index in [0.29, 0.717) is 38.6 Å². The van der Waals surface area contributed by atoms with E-state index >= 15 is 0 Å². The van der Waals surface area contributed by atoms with Gasteiger partial charge in [0.05, 0.1) is 12.1 Å². The third-order valence-electron chi connectivity index (χ3n) is 6.43. The highest BCUT2D eigenvalue weighted by molar-refractivity contribution is 5.82. The van der Waals surface area contributed by atoms with Crippen LogP contribution >= 0.6 is 0 Å². The van der Waals surface area contributed by atoms with Gasteiger partial charge < -0.3 is 20.4 Å². The first-order chi connectivity index (χ1) is 13.5. The maximum Gasteiger partial charge on any atom is 0.239 e. The zero-order valence-electron chi connectivity index (χ0n) is 17.3. The molecule has 8 nitrogen and oxygen atoms in total. The molecule has 0 aromatic heterocycles. The topological polar surface area (TPSA) is 85.0 Å². The van der Waals surface area contributed by atoms with E-state index in [1.165, 1.54) is 0 Å². The monoisotopic (exact) mass is 393 g/mol. The van der Waals surface area contributed by atoms with Crippen LogP contribution in [0.25, 0.3) is 0 Å². The second kappa shape index (κ2) is 9.69. The number of likely N-dealkylation sites (tertiary alicyclic amines) is 1. The van der Waals surface area contributed by atoms with Crippen LogP contribution in [0.2, 0.25) is 0 Å². The molecule has 8 heteroatoms. The molecule has 3 fully saturated rings. The lowest BCUT2D eigenvalue weighted by Gasteiger charge is -2.40. The minimum atomic E-state index is -0.154. The SMILES string of the molecule is CC(=O)N1CCN(C(=O)C(C)N2CCCC(CNC(=O)C3CCCN3)C2)CC1. The van der Waals surface area contributed by atoms with Gasteiger partial charge in [-0.1, -0.05) is 0 Å². The fraction of sp³-hybridized carbons (Fsp3) is 0.850. The van der Waals surface area contributed by atoms with Crippen LogP contribution in [0.3, 0.4) is 0 Å². The second-order valence-electron chi connectivity index (χ2n) is 8.40. The van der Waals surface area contributed by atoms with Crippen LogP contribution in [0, 0.1) is 5.92 Å². The Kier molecular flexibility index (Phi) is 7.29. The number of piperidine rings is 1. The number of nitrogens with one attached hydrogen (secondary N) is 2. The van der Waals surface area contributed by atoms with Crippen molar-refractivity contribution in [2.45, 2.75) is 51.6 Å². The molecular weight excluding hydrogens is 358 g/mol. The summed E-state index contributed by atoms with van der Waals surface area (Å²) in [6.45, 7) is 9.43. The average molecular weight is 394 g/mol. The number of piperazine rings is 1. The van der Waals surface area contributed by atoms with Crippen molar-refractivity contribution in [3.05, 3.63) is 0 Å². The number of hydrogen-bond acceptors (Lipinski definition) is 5. The molecule has 3 aliphatic heterocycles. The summed E-state index contributed by atoms with van der Waals surface area (Å²) in [7, 11) is 0. The minimum Gasteiger partial charge on any atom is -0.354 e. The molecule has 3 rings (SSSR count). The molecule has 3 heterocycles. The van der Waals surface area contributed by atoms with Crippen LogP contribution in [0.15, 0.2) is 0 Å². The smallest absolute Gasteiger partial charge is 0.239 e. The fourth-order valence-corrected chi connectivity index (χ4v) is 4.55. The molecule has 3 unspecified atom stereocenters. The van der Waals surface area contributed by atoms with Crippen molar-refractivity contribution in [3.8, 4) is 0 Å². The Hall–Kier alpha value is -1.67. The van der Waals surface area contributed by atoms with E-state index in [9.17, 15) is 14.4 Å². The predicted molar refractivity (Wildman–Crippen MR) is 107 cm³/mol. The van der Waals surface area contributed by atoms with E-state index in [0.717, 1.165) is 45.3 Å². The molecule has 0 radical (unpaired) electrons. The predicted octanol–water partition coefficient (Wildman–Crippen LogP) is -0.354. The molecular formula is C20H35N5O3. The van der Waals surface area contributed by atoms with Gasteiger partial charge in [-0.05, 0) is 51.6 Å². The van der Waals surface area contributed by atoms with Crippen molar-refractivity contribution in [1.82, 2.24) is 25.3 Å². The molecule has 0 saturated carbocycles. The van der Waals surface area contributed by atoms with Crippen LogP contribution < -0.4 is 10.6 Å². The van der Waals surface area contributed by atoms with E-state index in [-0.39, 0.29) is 29.8 Å². The molecule has 0 aromatic rings. The van der Waals surface area contributed by atoms with Gasteiger partial charge in [0.15, 0.2) is 0 Å². The third kappa shape index (κ3) is 5.23. The maximum absolute atomic E-state index is 12.9. The molecule has 2 N–H and O–H groups in total. The second-order valence-corrected chi connectivity index (χ2v) is 8.40. The first kappa shape index (κ1) is 21.0. The maximum atomic E-state index is 12.9. The summed E-state index contributed by atoms with van der Waals surface area (Å²) in [4.78, 5) is 42.6. The van der Waals surface area contributed by atoms with Crippen LogP contribution in [-0.4, -0.2) is 96.9 Å². The number of amides is 3. The zero-order chi connectivity index (χ0) is 20.1. The number of carbonyl (C=O) groups is 3. The molecule has 3 aliphatic rings. The summed E-state index contributed by atoms with van der Waals surface area (Å²) in [6.07, 6.45) is 4.13. The van der Waals surface area contributed by atoms with Crippen molar-refractivity contribution in [3.63, 3.8) is 0 Å². The van der Waals surface area contributed by atoms with Gasteiger partial charge >= 0.3 is 0 Å². The van der Waals surface area contributed by atoms with Crippen molar-refractivity contribution >= 4 is 17.7 Å². The van der Waals surface area contributed by atoms with Gasteiger partial charge in [-0.2, -0.15) is 0 Å². The highest BCUT2D eigenvalue weighted by Crippen LogP contribution is 2.19. The van der Waals surface area contributed by atoms with E-state index in [1.807, 2.05) is 11.8 Å². The third-order valence-corrected chi connectivity index (χ3v) is 6.43. The Balaban J connectivity index is 1.44. The van der Waals surface area contributed by atoms with Crippen LogP contribution in [0.4, 0.5) is 0 Å². The lowest BCUT2D eigenvalue weighted by Crippen LogP contribution is -2.56. The summed E-state index contributed by atoms with van der Waals surface area (Å²) < 4.78 is 0. The standard InChI is InChI=1S/C20H35N5O3/c1-15(20(28)24-11-9-23(10-12-24)16(2)26)25-8-4-5-17(14-25)13-22-19(27)18-6-3-7-21-18/h15,17-18,21H,3-14H2,1-2H3,(H,22,27). The number of rotatable bonds is 5. The van der Waals surface area contributed by atoms with Gasteiger partial charge in [-0.15, -0.1) is 0 Å². The van der Waals surface area contributed by atoms with E-state index in [1.54, 1.807) is 11.8 Å². The van der Waals surface area contributed by atoms with E-state index in [4.69, 9.17) is 0 Å². The first-order valence-electron chi connectivity index (χ1n) is 10.7. The Morgan fingerprint density at radius 3 is 2.39 bits per heavy atom. The Morgan fingerprint density at radius 1 is 1.04 bits per heavy atom. The van der Waals surface area contributed by atoms with Gasteiger partial charge in [-0.25, -0.2) is 0 Å². The Bertz CT molecular complexity index is 570.